The smallest absolute Gasteiger partial charge is 0.243 e. The Morgan fingerprint density at radius 1 is 0.729 bits per heavy atom. The van der Waals surface area contributed by atoms with Crippen molar-refractivity contribution in [2.24, 2.45) is 5.73 Å². The molecule has 1 aliphatic rings. The van der Waals surface area contributed by atoms with E-state index in [2.05, 4.69) is 5.32 Å². The summed E-state index contributed by atoms with van der Waals surface area (Å²) in [4.78, 5) is 55.9. The highest BCUT2D eigenvalue weighted by Crippen LogP contribution is 2.28. The van der Waals surface area contributed by atoms with Gasteiger partial charge in [-0.2, -0.15) is 0 Å². The maximum Gasteiger partial charge on any atom is 0.243 e. The number of hydrogen-bond acceptors (Lipinski definition) is 6. The first kappa shape index (κ1) is 33.7. The molecule has 0 saturated heterocycles. The van der Waals surface area contributed by atoms with Gasteiger partial charge in [-0.1, -0.05) is 60.7 Å². The molecule has 1 aliphatic carbocycles. The minimum absolute atomic E-state index is 0.0763. The van der Waals surface area contributed by atoms with E-state index in [-0.39, 0.29) is 18.9 Å². The van der Waals surface area contributed by atoms with Crippen LogP contribution in [-0.2, 0) is 38.4 Å². The molecule has 0 aromatic heterocycles. The molecule has 0 fully saturated rings. The van der Waals surface area contributed by atoms with E-state index in [0.29, 0.717) is 17.2 Å². The van der Waals surface area contributed by atoms with Crippen molar-refractivity contribution in [3.05, 3.63) is 125 Å². The maximum absolute atomic E-state index is 13.9. The SMILES string of the molecule is COc1ccc(C(NC(=O)CN(CC(N)=O)C(=O)CN(C(=O)Cc2ccccc2)c2ccc3c(c2)CCC3)c2ccc(OC)cc2)cc1. The molecule has 4 aromatic rings. The molecule has 0 saturated carbocycles. The summed E-state index contributed by atoms with van der Waals surface area (Å²) in [7, 11) is 3.14. The van der Waals surface area contributed by atoms with Crippen LogP contribution in [0, 0.1) is 0 Å². The summed E-state index contributed by atoms with van der Waals surface area (Å²) in [6.45, 7) is -1.31. The molecule has 0 heterocycles. The molecule has 248 valence electrons. The molecule has 10 nitrogen and oxygen atoms in total. The number of methoxy groups -OCH3 is 2. The number of primary amides is 1. The Labute approximate surface area is 280 Å². The van der Waals surface area contributed by atoms with Gasteiger partial charge in [-0.3, -0.25) is 19.2 Å². The summed E-state index contributed by atoms with van der Waals surface area (Å²) in [5, 5.41) is 3.00. The molecule has 4 aromatic carbocycles. The van der Waals surface area contributed by atoms with Crippen molar-refractivity contribution in [3.63, 3.8) is 0 Å². The monoisotopic (exact) mass is 648 g/mol. The second-order valence-corrected chi connectivity index (χ2v) is 11.7. The predicted octanol–water partition coefficient (Wildman–Crippen LogP) is 3.99. The number of anilines is 1. The normalized spacial score (nSPS) is 11.8. The zero-order valence-corrected chi connectivity index (χ0v) is 27.2. The van der Waals surface area contributed by atoms with Crippen LogP contribution in [0.2, 0.25) is 0 Å². The van der Waals surface area contributed by atoms with Crippen molar-refractivity contribution < 1.29 is 28.7 Å². The van der Waals surface area contributed by atoms with Gasteiger partial charge in [-0.25, -0.2) is 0 Å². The summed E-state index contributed by atoms with van der Waals surface area (Å²) >= 11 is 0. The van der Waals surface area contributed by atoms with Crippen molar-refractivity contribution >= 4 is 29.3 Å². The maximum atomic E-state index is 13.9. The van der Waals surface area contributed by atoms with Crippen LogP contribution >= 0.6 is 0 Å². The highest BCUT2D eigenvalue weighted by molar-refractivity contribution is 6.01. The molecular formula is C38H40N4O6. The third kappa shape index (κ3) is 8.58. The highest BCUT2D eigenvalue weighted by Gasteiger charge is 2.27. The molecule has 0 aliphatic heterocycles. The van der Waals surface area contributed by atoms with E-state index in [9.17, 15) is 19.2 Å². The number of nitrogens with zero attached hydrogens (tertiary/aromatic N) is 2. The Morgan fingerprint density at radius 2 is 1.33 bits per heavy atom. The van der Waals surface area contributed by atoms with Crippen LogP contribution in [0.25, 0.3) is 0 Å². The lowest BCUT2D eigenvalue weighted by molar-refractivity contribution is -0.138. The number of amides is 4. The second-order valence-electron chi connectivity index (χ2n) is 11.7. The van der Waals surface area contributed by atoms with Crippen LogP contribution in [0.3, 0.4) is 0 Å². The third-order valence-corrected chi connectivity index (χ3v) is 8.42. The number of carbonyl (C=O) groups excluding carboxylic acids is 4. The molecule has 4 amide bonds. The molecule has 0 atom stereocenters. The molecule has 48 heavy (non-hydrogen) atoms. The van der Waals surface area contributed by atoms with Gasteiger partial charge in [0.1, 0.15) is 24.6 Å². The fourth-order valence-corrected chi connectivity index (χ4v) is 5.90. The van der Waals surface area contributed by atoms with E-state index >= 15 is 0 Å². The number of aryl methyl sites for hydroxylation is 2. The summed E-state index contributed by atoms with van der Waals surface area (Å²) in [5.41, 5.74) is 10.9. The number of nitrogens with two attached hydrogens (primary N) is 1. The number of carbonyl (C=O) groups is 4. The van der Waals surface area contributed by atoms with E-state index < -0.39 is 36.9 Å². The van der Waals surface area contributed by atoms with Gasteiger partial charge in [-0.05, 0) is 83.5 Å². The Balaban J connectivity index is 1.38. The number of benzene rings is 4. The Morgan fingerprint density at radius 3 is 1.92 bits per heavy atom. The van der Waals surface area contributed by atoms with E-state index in [4.69, 9.17) is 15.2 Å². The number of rotatable bonds is 14. The van der Waals surface area contributed by atoms with Crippen LogP contribution in [0.4, 0.5) is 5.69 Å². The van der Waals surface area contributed by atoms with Crippen LogP contribution < -0.4 is 25.4 Å². The van der Waals surface area contributed by atoms with Crippen molar-refractivity contribution in [2.45, 2.75) is 31.7 Å². The highest BCUT2D eigenvalue weighted by atomic mass is 16.5. The Hall–Kier alpha value is -5.64. The van der Waals surface area contributed by atoms with E-state index in [1.165, 1.54) is 10.5 Å². The van der Waals surface area contributed by atoms with Crippen molar-refractivity contribution in [3.8, 4) is 11.5 Å². The van der Waals surface area contributed by atoms with Gasteiger partial charge in [0.05, 0.1) is 33.2 Å². The first-order valence-electron chi connectivity index (χ1n) is 15.8. The quantitative estimate of drug-likeness (QED) is 0.213. The van der Waals surface area contributed by atoms with E-state index in [1.807, 2.05) is 72.8 Å². The van der Waals surface area contributed by atoms with Crippen LogP contribution in [0.5, 0.6) is 11.5 Å². The lowest BCUT2D eigenvalue weighted by Gasteiger charge is -2.28. The molecule has 0 unspecified atom stereocenters. The van der Waals surface area contributed by atoms with Crippen LogP contribution in [-0.4, -0.2) is 62.4 Å². The van der Waals surface area contributed by atoms with Gasteiger partial charge < -0.3 is 30.3 Å². The topological polar surface area (TPSA) is 131 Å². The van der Waals surface area contributed by atoms with Crippen LogP contribution in [0.15, 0.2) is 97.1 Å². The number of fused-ring (bicyclic) bond motifs is 1. The largest absolute Gasteiger partial charge is 0.497 e. The molecule has 0 spiro atoms. The van der Waals surface area contributed by atoms with Gasteiger partial charge in [0.25, 0.3) is 0 Å². The second kappa shape index (κ2) is 15.8. The van der Waals surface area contributed by atoms with Gasteiger partial charge in [-0.15, -0.1) is 0 Å². The van der Waals surface area contributed by atoms with Gasteiger partial charge in [0, 0.05) is 5.69 Å². The number of ether oxygens (including phenoxy) is 2. The number of nitrogens with one attached hydrogen (secondary N) is 1. The van der Waals surface area contributed by atoms with Crippen molar-refractivity contribution in [1.29, 1.82) is 0 Å². The predicted molar refractivity (Wildman–Crippen MR) is 183 cm³/mol. The molecule has 10 heteroatoms. The molecule has 5 rings (SSSR count). The summed E-state index contributed by atoms with van der Waals surface area (Å²) in [6, 6.07) is 29.0. The van der Waals surface area contributed by atoms with E-state index in [0.717, 1.165) is 46.4 Å². The number of hydrogen-bond donors (Lipinski definition) is 2. The minimum Gasteiger partial charge on any atom is -0.497 e. The molecule has 0 radical (unpaired) electrons. The van der Waals surface area contributed by atoms with Gasteiger partial charge in [0.2, 0.25) is 23.6 Å². The standard InChI is InChI=1S/C38H40N4O6/c1-47-32-17-12-28(13-18-32)38(29-14-19-33(48-2)20-15-29)40-35(44)24-41(23-34(39)43)37(46)25-42(36(45)21-26-7-4-3-5-8-26)31-16-11-27-9-6-10-30(27)22-31/h3-5,7-8,11-20,22,38H,6,9-10,21,23-25H2,1-2H3,(H2,39,43)(H,40,44). The first-order chi connectivity index (χ1) is 23.2. The fourth-order valence-electron chi connectivity index (χ4n) is 5.90. The average Bonchev–Trinajstić information content (AvgIpc) is 3.58. The van der Waals surface area contributed by atoms with Crippen LogP contribution in [0.1, 0.15) is 40.3 Å². The fraction of sp³-hybridized carbons (Fsp3) is 0.263. The summed E-state index contributed by atoms with van der Waals surface area (Å²) in [5.74, 6) is -0.844. The third-order valence-electron chi connectivity index (χ3n) is 8.42. The van der Waals surface area contributed by atoms with E-state index in [1.54, 1.807) is 38.5 Å². The summed E-state index contributed by atoms with van der Waals surface area (Å²) in [6.07, 6.45) is 2.98. The zero-order valence-electron chi connectivity index (χ0n) is 27.2. The van der Waals surface area contributed by atoms with Gasteiger partial charge in [0.15, 0.2) is 0 Å². The first-order valence-corrected chi connectivity index (χ1v) is 15.8. The lowest BCUT2D eigenvalue weighted by Crippen LogP contribution is -2.50. The lowest BCUT2D eigenvalue weighted by atomic mass is 9.98. The van der Waals surface area contributed by atoms with Gasteiger partial charge >= 0.3 is 0 Å². The molecular weight excluding hydrogens is 608 g/mol. The summed E-state index contributed by atoms with van der Waals surface area (Å²) < 4.78 is 10.6. The van der Waals surface area contributed by atoms with Crippen molar-refractivity contribution in [2.75, 3.05) is 38.8 Å². The molecule has 3 N–H and O–H groups in total. The Kier molecular flexibility index (Phi) is 11.1. The zero-order chi connectivity index (χ0) is 34.0. The Bertz CT molecular complexity index is 1690. The average molecular weight is 649 g/mol. The minimum atomic E-state index is -0.780. The van der Waals surface area contributed by atoms with Crippen molar-refractivity contribution in [1.82, 2.24) is 10.2 Å². The molecule has 0 bridgehead atoms.